The van der Waals surface area contributed by atoms with E-state index in [1.54, 1.807) is 30.6 Å². The number of carbonyl (C=O) groups is 2. The number of fused-ring (bicyclic) bond motifs is 1. The topological polar surface area (TPSA) is 82.9 Å². The van der Waals surface area contributed by atoms with Gasteiger partial charge in [0.15, 0.2) is 5.78 Å². The first-order valence-corrected chi connectivity index (χ1v) is 7.74. The number of Topliss-reactive ketones (excluding diaryl/α,β-unsaturated/α-hetero) is 1. The number of benzene rings is 1. The van der Waals surface area contributed by atoms with Crippen molar-refractivity contribution in [2.24, 2.45) is 11.8 Å². The highest BCUT2D eigenvalue weighted by Crippen LogP contribution is 2.31. The van der Waals surface area contributed by atoms with Gasteiger partial charge in [-0.2, -0.15) is 5.26 Å². The van der Waals surface area contributed by atoms with Crippen molar-refractivity contribution in [2.75, 3.05) is 6.54 Å². The SMILES string of the molecule is N#C[C@@H]1CCCC1C(=O)CNC(=O)c1cccc2cnccc12. The van der Waals surface area contributed by atoms with Crippen molar-refractivity contribution in [1.29, 1.82) is 5.26 Å². The molecule has 3 rings (SSSR count). The van der Waals surface area contributed by atoms with Crippen molar-refractivity contribution in [3.8, 4) is 6.07 Å². The monoisotopic (exact) mass is 307 g/mol. The summed E-state index contributed by atoms with van der Waals surface area (Å²) in [6.45, 7) is -0.0247. The summed E-state index contributed by atoms with van der Waals surface area (Å²) in [6, 6.07) is 9.40. The van der Waals surface area contributed by atoms with E-state index >= 15 is 0 Å². The Kier molecular flexibility index (Phi) is 4.33. The van der Waals surface area contributed by atoms with Crippen molar-refractivity contribution < 1.29 is 9.59 Å². The zero-order chi connectivity index (χ0) is 16.2. The molecule has 116 valence electrons. The first kappa shape index (κ1) is 15.2. The maximum absolute atomic E-state index is 12.4. The Balaban J connectivity index is 1.70. The van der Waals surface area contributed by atoms with Crippen LogP contribution in [0.2, 0.25) is 0 Å². The summed E-state index contributed by atoms with van der Waals surface area (Å²) < 4.78 is 0. The van der Waals surface area contributed by atoms with Gasteiger partial charge in [0.2, 0.25) is 0 Å². The van der Waals surface area contributed by atoms with E-state index in [1.807, 2.05) is 6.07 Å². The molecule has 0 spiro atoms. The molecule has 5 nitrogen and oxygen atoms in total. The summed E-state index contributed by atoms with van der Waals surface area (Å²) in [6.07, 6.45) is 5.76. The minimum absolute atomic E-state index is 0.0247. The third kappa shape index (κ3) is 3.07. The molecule has 0 bridgehead atoms. The molecule has 1 aromatic carbocycles. The Morgan fingerprint density at radius 2 is 2.17 bits per heavy atom. The molecule has 1 fully saturated rings. The average molecular weight is 307 g/mol. The van der Waals surface area contributed by atoms with Gasteiger partial charge in [0.05, 0.1) is 18.5 Å². The highest BCUT2D eigenvalue weighted by atomic mass is 16.2. The number of amides is 1. The lowest BCUT2D eigenvalue weighted by atomic mass is 9.93. The van der Waals surface area contributed by atoms with Crippen LogP contribution in [0.3, 0.4) is 0 Å². The number of ketones is 1. The number of hydrogen-bond acceptors (Lipinski definition) is 4. The molecule has 1 saturated carbocycles. The van der Waals surface area contributed by atoms with Crippen LogP contribution in [0.25, 0.3) is 10.8 Å². The molecule has 23 heavy (non-hydrogen) atoms. The van der Waals surface area contributed by atoms with Gasteiger partial charge in [0.25, 0.3) is 5.91 Å². The largest absolute Gasteiger partial charge is 0.345 e. The average Bonchev–Trinajstić information content (AvgIpc) is 3.07. The van der Waals surface area contributed by atoms with E-state index < -0.39 is 0 Å². The molecule has 1 unspecified atom stereocenters. The molecule has 1 amide bonds. The van der Waals surface area contributed by atoms with Crippen LogP contribution >= 0.6 is 0 Å². The summed E-state index contributed by atoms with van der Waals surface area (Å²) in [5.74, 6) is -0.772. The van der Waals surface area contributed by atoms with Crippen LogP contribution in [0, 0.1) is 23.2 Å². The van der Waals surface area contributed by atoms with Gasteiger partial charge in [0.1, 0.15) is 0 Å². The number of nitrogens with one attached hydrogen (secondary N) is 1. The van der Waals surface area contributed by atoms with Gasteiger partial charge in [-0.25, -0.2) is 0 Å². The standard InChI is InChI=1S/C18H17N3O2/c19-9-12-3-1-5-15(12)17(22)11-21-18(23)16-6-2-4-13-10-20-8-7-14(13)16/h2,4,6-8,10,12,15H,1,3,5,11H2,(H,21,23)/t12-,15?/m0/s1. The van der Waals surface area contributed by atoms with E-state index in [0.717, 1.165) is 30.0 Å². The van der Waals surface area contributed by atoms with Gasteiger partial charge >= 0.3 is 0 Å². The second-order valence-electron chi connectivity index (χ2n) is 5.82. The van der Waals surface area contributed by atoms with Crippen LogP contribution in [0.1, 0.15) is 29.6 Å². The summed E-state index contributed by atoms with van der Waals surface area (Å²) >= 11 is 0. The number of nitriles is 1. The molecular formula is C18H17N3O2. The summed E-state index contributed by atoms with van der Waals surface area (Å²) in [5, 5.41) is 13.4. The lowest BCUT2D eigenvalue weighted by Gasteiger charge is -2.13. The molecule has 1 heterocycles. The summed E-state index contributed by atoms with van der Waals surface area (Å²) in [4.78, 5) is 28.7. The van der Waals surface area contributed by atoms with Crippen molar-refractivity contribution in [3.05, 3.63) is 42.2 Å². The van der Waals surface area contributed by atoms with E-state index in [-0.39, 0.29) is 30.1 Å². The van der Waals surface area contributed by atoms with Crippen LogP contribution in [0.5, 0.6) is 0 Å². The summed E-state index contributed by atoms with van der Waals surface area (Å²) in [7, 11) is 0. The second kappa shape index (κ2) is 6.57. The fraction of sp³-hybridized carbons (Fsp3) is 0.333. The highest BCUT2D eigenvalue weighted by molar-refractivity contribution is 6.07. The van der Waals surface area contributed by atoms with Gasteiger partial charge in [-0.15, -0.1) is 0 Å². The molecule has 2 aromatic rings. The molecule has 0 radical (unpaired) electrons. The fourth-order valence-electron chi connectivity index (χ4n) is 3.21. The number of nitrogens with zero attached hydrogens (tertiary/aromatic N) is 2. The lowest BCUT2D eigenvalue weighted by Crippen LogP contribution is -2.34. The molecule has 0 saturated heterocycles. The minimum atomic E-state index is -0.276. The van der Waals surface area contributed by atoms with E-state index in [2.05, 4.69) is 16.4 Å². The quantitative estimate of drug-likeness (QED) is 0.940. The Morgan fingerprint density at radius 1 is 1.30 bits per heavy atom. The van der Waals surface area contributed by atoms with Crippen molar-refractivity contribution >= 4 is 22.5 Å². The Hall–Kier alpha value is -2.74. The van der Waals surface area contributed by atoms with Gasteiger partial charge in [0, 0.05) is 29.3 Å². The maximum Gasteiger partial charge on any atom is 0.252 e. The third-order valence-electron chi connectivity index (χ3n) is 4.44. The first-order chi connectivity index (χ1) is 11.2. The van der Waals surface area contributed by atoms with Crippen LogP contribution in [-0.2, 0) is 4.79 Å². The molecule has 2 atom stereocenters. The normalized spacial score (nSPS) is 20.1. The van der Waals surface area contributed by atoms with Crippen molar-refractivity contribution in [2.45, 2.75) is 19.3 Å². The third-order valence-corrected chi connectivity index (χ3v) is 4.44. The number of hydrogen-bond donors (Lipinski definition) is 1. The number of pyridine rings is 1. The zero-order valence-electron chi connectivity index (χ0n) is 12.7. The van der Waals surface area contributed by atoms with Gasteiger partial charge in [-0.1, -0.05) is 18.6 Å². The molecule has 1 aliphatic rings. The Morgan fingerprint density at radius 3 is 3.00 bits per heavy atom. The predicted molar refractivity (Wildman–Crippen MR) is 85.5 cm³/mol. The number of rotatable bonds is 4. The fourth-order valence-corrected chi connectivity index (χ4v) is 3.21. The van der Waals surface area contributed by atoms with Crippen LogP contribution < -0.4 is 5.32 Å². The van der Waals surface area contributed by atoms with E-state index in [9.17, 15) is 9.59 Å². The van der Waals surface area contributed by atoms with Gasteiger partial charge in [-0.05, 0) is 30.4 Å². The van der Waals surface area contributed by atoms with Gasteiger partial charge in [-0.3, -0.25) is 14.6 Å². The van der Waals surface area contributed by atoms with Crippen LogP contribution in [0.4, 0.5) is 0 Å². The summed E-state index contributed by atoms with van der Waals surface area (Å²) in [5.41, 5.74) is 0.529. The number of aromatic nitrogens is 1. The maximum atomic E-state index is 12.4. The second-order valence-corrected chi connectivity index (χ2v) is 5.82. The van der Waals surface area contributed by atoms with Crippen molar-refractivity contribution in [3.63, 3.8) is 0 Å². The molecule has 1 aliphatic carbocycles. The zero-order valence-corrected chi connectivity index (χ0v) is 12.7. The lowest BCUT2D eigenvalue weighted by molar-refractivity contribution is -0.122. The molecule has 1 aromatic heterocycles. The van der Waals surface area contributed by atoms with Gasteiger partial charge < -0.3 is 5.32 Å². The molecular weight excluding hydrogens is 290 g/mol. The molecule has 1 N–H and O–H groups in total. The molecule has 5 heteroatoms. The van der Waals surface area contributed by atoms with E-state index in [4.69, 9.17) is 5.26 Å². The minimum Gasteiger partial charge on any atom is -0.345 e. The number of carbonyl (C=O) groups excluding carboxylic acids is 2. The smallest absolute Gasteiger partial charge is 0.252 e. The first-order valence-electron chi connectivity index (χ1n) is 7.74. The van der Waals surface area contributed by atoms with E-state index in [0.29, 0.717) is 5.56 Å². The Labute approximate surface area is 134 Å². The highest BCUT2D eigenvalue weighted by Gasteiger charge is 2.32. The van der Waals surface area contributed by atoms with Crippen LogP contribution in [0.15, 0.2) is 36.7 Å². The van der Waals surface area contributed by atoms with Crippen molar-refractivity contribution in [1.82, 2.24) is 10.3 Å². The predicted octanol–water partition coefficient (Wildman–Crippen LogP) is 2.47. The van der Waals surface area contributed by atoms with E-state index in [1.165, 1.54) is 0 Å². The Bertz CT molecular complexity index is 789. The molecule has 0 aliphatic heterocycles. The van der Waals surface area contributed by atoms with Crippen LogP contribution in [-0.4, -0.2) is 23.2 Å².